The summed E-state index contributed by atoms with van der Waals surface area (Å²) in [6.45, 7) is 0.412. The van der Waals surface area contributed by atoms with E-state index in [1.165, 1.54) is 12.1 Å². The zero-order valence-corrected chi connectivity index (χ0v) is 14.3. The first-order chi connectivity index (χ1) is 10.5. The highest BCUT2D eigenvalue weighted by atomic mass is 35.5. The van der Waals surface area contributed by atoms with E-state index < -0.39 is 0 Å². The Bertz CT molecular complexity index is 701. The topological polar surface area (TPSA) is 41.1 Å². The molecule has 0 spiro atoms. The summed E-state index contributed by atoms with van der Waals surface area (Å²) in [5.41, 5.74) is 1.21. The highest BCUT2D eigenvalue weighted by Gasteiger charge is 2.10. The van der Waals surface area contributed by atoms with E-state index in [2.05, 4.69) is 10.6 Å². The molecule has 0 heterocycles. The third-order valence-corrected chi connectivity index (χ3v) is 3.80. The monoisotopic (exact) mass is 372 g/mol. The van der Waals surface area contributed by atoms with Gasteiger partial charge in [0.2, 0.25) is 0 Å². The Hall–Kier alpha value is -1.33. The van der Waals surface area contributed by atoms with Crippen molar-refractivity contribution in [1.82, 2.24) is 10.6 Å². The number of halogens is 3. The van der Waals surface area contributed by atoms with E-state index in [9.17, 15) is 4.79 Å². The van der Waals surface area contributed by atoms with Crippen LogP contribution in [0.4, 0.5) is 0 Å². The van der Waals surface area contributed by atoms with Gasteiger partial charge in [0.25, 0.3) is 5.91 Å². The molecule has 22 heavy (non-hydrogen) atoms. The van der Waals surface area contributed by atoms with Gasteiger partial charge in [0.15, 0.2) is 5.11 Å². The molecule has 0 saturated heterocycles. The van der Waals surface area contributed by atoms with Crippen molar-refractivity contribution in [2.75, 3.05) is 0 Å². The number of carbonyl (C=O) groups is 1. The van der Waals surface area contributed by atoms with Gasteiger partial charge in [-0.15, -0.1) is 0 Å². The van der Waals surface area contributed by atoms with Crippen LogP contribution in [0.1, 0.15) is 15.9 Å². The van der Waals surface area contributed by atoms with Crippen molar-refractivity contribution in [2.24, 2.45) is 0 Å². The molecular weight excluding hydrogens is 363 g/mol. The van der Waals surface area contributed by atoms with Crippen LogP contribution in [-0.4, -0.2) is 11.0 Å². The van der Waals surface area contributed by atoms with Crippen LogP contribution >= 0.6 is 47.0 Å². The summed E-state index contributed by atoms with van der Waals surface area (Å²) in [5.74, 6) is -0.388. The van der Waals surface area contributed by atoms with Gasteiger partial charge >= 0.3 is 0 Å². The molecule has 0 aliphatic carbocycles. The second kappa shape index (κ2) is 7.79. The van der Waals surface area contributed by atoms with Crippen LogP contribution in [0.3, 0.4) is 0 Å². The maximum absolute atomic E-state index is 12.1. The summed E-state index contributed by atoms with van der Waals surface area (Å²) >= 11 is 22.9. The van der Waals surface area contributed by atoms with Crippen LogP contribution in [0.2, 0.25) is 15.1 Å². The fourth-order valence-corrected chi connectivity index (χ4v) is 2.62. The SMILES string of the molecule is O=C(NC(=S)NCc1ccccc1Cl)c1cc(Cl)cc(Cl)c1. The third kappa shape index (κ3) is 4.85. The second-order valence-corrected chi connectivity index (χ2v) is 6.07. The van der Waals surface area contributed by atoms with Gasteiger partial charge in [0.1, 0.15) is 0 Å². The van der Waals surface area contributed by atoms with E-state index in [1.54, 1.807) is 12.1 Å². The molecule has 2 rings (SSSR count). The number of carbonyl (C=O) groups excluding carboxylic acids is 1. The molecule has 7 heteroatoms. The maximum Gasteiger partial charge on any atom is 0.257 e. The number of thiocarbonyl (C=S) groups is 1. The number of hydrogen-bond acceptors (Lipinski definition) is 2. The van der Waals surface area contributed by atoms with E-state index in [1.807, 2.05) is 18.2 Å². The van der Waals surface area contributed by atoms with Crippen LogP contribution in [0.15, 0.2) is 42.5 Å². The van der Waals surface area contributed by atoms with Gasteiger partial charge in [0, 0.05) is 27.2 Å². The normalized spacial score (nSPS) is 10.1. The largest absolute Gasteiger partial charge is 0.358 e. The van der Waals surface area contributed by atoms with Crippen molar-refractivity contribution < 1.29 is 4.79 Å². The van der Waals surface area contributed by atoms with E-state index in [0.717, 1.165) is 5.56 Å². The predicted molar refractivity (Wildman–Crippen MR) is 94.8 cm³/mol. The molecule has 0 unspecified atom stereocenters. The van der Waals surface area contributed by atoms with Crippen molar-refractivity contribution in [3.63, 3.8) is 0 Å². The quantitative estimate of drug-likeness (QED) is 0.781. The standard InChI is InChI=1S/C15H11Cl3N2OS/c16-11-5-10(6-12(17)7-11)14(21)20-15(22)19-8-9-3-1-2-4-13(9)18/h1-7H,8H2,(H2,19,20,21,22). The van der Waals surface area contributed by atoms with Gasteiger partial charge in [-0.1, -0.05) is 53.0 Å². The lowest BCUT2D eigenvalue weighted by atomic mass is 10.2. The second-order valence-electron chi connectivity index (χ2n) is 4.39. The Labute approximate surface area is 148 Å². The highest BCUT2D eigenvalue weighted by molar-refractivity contribution is 7.80. The minimum atomic E-state index is -0.388. The summed E-state index contributed by atoms with van der Waals surface area (Å²) < 4.78 is 0. The lowest BCUT2D eigenvalue weighted by molar-refractivity contribution is 0.0976. The van der Waals surface area contributed by atoms with Crippen molar-refractivity contribution in [1.29, 1.82) is 0 Å². The fraction of sp³-hybridized carbons (Fsp3) is 0.0667. The molecule has 114 valence electrons. The molecule has 0 aromatic heterocycles. The Morgan fingerprint density at radius 2 is 1.68 bits per heavy atom. The van der Waals surface area contributed by atoms with E-state index >= 15 is 0 Å². The molecule has 0 aliphatic rings. The molecule has 0 aliphatic heterocycles. The lowest BCUT2D eigenvalue weighted by Crippen LogP contribution is -2.38. The Kier molecular flexibility index (Phi) is 6.03. The van der Waals surface area contributed by atoms with E-state index in [-0.39, 0.29) is 11.0 Å². The van der Waals surface area contributed by atoms with Crippen LogP contribution in [-0.2, 0) is 6.54 Å². The molecule has 2 aromatic carbocycles. The van der Waals surface area contributed by atoms with Gasteiger partial charge in [-0.05, 0) is 42.0 Å². The predicted octanol–water partition coefficient (Wildman–Crippen LogP) is 4.45. The van der Waals surface area contributed by atoms with Gasteiger partial charge in [-0.3, -0.25) is 10.1 Å². The lowest BCUT2D eigenvalue weighted by Gasteiger charge is -2.11. The number of hydrogen-bond donors (Lipinski definition) is 2. The van der Waals surface area contributed by atoms with Crippen molar-refractivity contribution in [3.05, 3.63) is 68.7 Å². The summed E-state index contributed by atoms with van der Waals surface area (Å²) in [6.07, 6.45) is 0. The molecule has 0 bridgehead atoms. The maximum atomic E-state index is 12.1. The average Bonchev–Trinajstić information content (AvgIpc) is 2.45. The number of benzene rings is 2. The summed E-state index contributed by atoms with van der Waals surface area (Å²) in [6, 6.07) is 11.9. The summed E-state index contributed by atoms with van der Waals surface area (Å²) in [7, 11) is 0. The van der Waals surface area contributed by atoms with Crippen molar-refractivity contribution in [3.8, 4) is 0 Å². The molecule has 1 amide bonds. The third-order valence-electron chi connectivity index (χ3n) is 2.75. The smallest absolute Gasteiger partial charge is 0.257 e. The first-order valence-electron chi connectivity index (χ1n) is 6.24. The Morgan fingerprint density at radius 1 is 1.05 bits per heavy atom. The minimum absolute atomic E-state index is 0.195. The van der Waals surface area contributed by atoms with Crippen LogP contribution in [0.25, 0.3) is 0 Å². The summed E-state index contributed by atoms with van der Waals surface area (Å²) in [4.78, 5) is 12.1. The average molecular weight is 374 g/mol. The van der Waals surface area contributed by atoms with Gasteiger partial charge in [-0.25, -0.2) is 0 Å². The van der Waals surface area contributed by atoms with Crippen LogP contribution in [0.5, 0.6) is 0 Å². The fourth-order valence-electron chi connectivity index (χ4n) is 1.72. The first-order valence-corrected chi connectivity index (χ1v) is 7.78. The van der Waals surface area contributed by atoms with E-state index in [4.69, 9.17) is 47.0 Å². The van der Waals surface area contributed by atoms with Crippen LogP contribution < -0.4 is 10.6 Å². The number of nitrogens with one attached hydrogen (secondary N) is 2. The Balaban J connectivity index is 1.94. The first kappa shape index (κ1) is 17.0. The zero-order valence-electron chi connectivity index (χ0n) is 11.2. The molecule has 2 N–H and O–H groups in total. The van der Waals surface area contributed by atoms with Gasteiger partial charge in [-0.2, -0.15) is 0 Å². The number of rotatable bonds is 3. The molecule has 0 radical (unpaired) electrons. The molecule has 0 saturated carbocycles. The minimum Gasteiger partial charge on any atom is -0.358 e. The molecule has 3 nitrogen and oxygen atoms in total. The van der Waals surface area contributed by atoms with Crippen LogP contribution in [0, 0.1) is 0 Å². The molecule has 2 aromatic rings. The summed E-state index contributed by atoms with van der Waals surface area (Å²) in [5, 5.41) is 7.07. The number of amides is 1. The van der Waals surface area contributed by atoms with Gasteiger partial charge in [0.05, 0.1) is 0 Å². The highest BCUT2D eigenvalue weighted by Crippen LogP contribution is 2.19. The molecule has 0 fully saturated rings. The zero-order chi connectivity index (χ0) is 16.1. The van der Waals surface area contributed by atoms with E-state index in [0.29, 0.717) is 27.2 Å². The molecular formula is C15H11Cl3N2OS. The Morgan fingerprint density at radius 3 is 2.32 bits per heavy atom. The van der Waals surface area contributed by atoms with Gasteiger partial charge < -0.3 is 5.32 Å². The van der Waals surface area contributed by atoms with Crippen molar-refractivity contribution >= 4 is 58.0 Å². The van der Waals surface area contributed by atoms with Crippen molar-refractivity contribution in [2.45, 2.75) is 6.54 Å². The molecule has 0 atom stereocenters.